The minimum atomic E-state index is 0.257. The minimum Gasteiger partial charge on any atom is -0.376 e. The van der Waals surface area contributed by atoms with Gasteiger partial charge in [-0.1, -0.05) is 11.6 Å². The largest absolute Gasteiger partial charge is 0.376 e. The molecule has 2 rings (SSSR count). The lowest BCUT2D eigenvalue weighted by Gasteiger charge is -2.10. The van der Waals surface area contributed by atoms with Crippen molar-refractivity contribution < 1.29 is 4.74 Å². The van der Waals surface area contributed by atoms with Gasteiger partial charge in [-0.25, -0.2) is 4.99 Å². The topological polar surface area (TPSA) is 72.5 Å². The van der Waals surface area contributed by atoms with Gasteiger partial charge in [-0.3, -0.25) is 4.98 Å². The number of hydrogen-bond donors (Lipinski definition) is 2. The van der Waals surface area contributed by atoms with Gasteiger partial charge < -0.3 is 15.8 Å². The molecule has 3 N–H and O–H groups in total. The number of guanidine groups is 1. The van der Waals surface area contributed by atoms with E-state index in [0.29, 0.717) is 24.1 Å². The average molecular weight is 269 g/mol. The van der Waals surface area contributed by atoms with Crippen molar-refractivity contribution in [3.63, 3.8) is 0 Å². The average Bonchev–Trinajstić information content (AvgIpc) is 2.89. The molecule has 6 heteroatoms. The van der Waals surface area contributed by atoms with Crippen molar-refractivity contribution in [2.75, 3.05) is 13.2 Å². The highest BCUT2D eigenvalue weighted by molar-refractivity contribution is 6.30. The highest BCUT2D eigenvalue weighted by Crippen LogP contribution is 2.10. The van der Waals surface area contributed by atoms with E-state index in [4.69, 9.17) is 22.1 Å². The van der Waals surface area contributed by atoms with Crippen molar-refractivity contribution in [1.82, 2.24) is 10.3 Å². The van der Waals surface area contributed by atoms with Crippen LogP contribution in [0, 0.1) is 0 Å². The fraction of sp³-hybridized carbons (Fsp3) is 0.500. The van der Waals surface area contributed by atoms with E-state index in [0.717, 1.165) is 25.1 Å². The molecular formula is C12H17ClN4O. The van der Waals surface area contributed by atoms with Crippen LogP contribution in [0.1, 0.15) is 18.5 Å². The molecule has 0 radical (unpaired) electrons. The highest BCUT2D eigenvalue weighted by Gasteiger charge is 2.14. The summed E-state index contributed by atoms with van der Waals surface area (Å²) in [5.74, 6) is 0.419. The molecule has 0 bridgehead atoms. The van der Waals surface area contributed by atoms with Gasteiger partial charge in [0.15, 0.2) is 5.96 Å². The summed E-state index contributed by atoms with van der Waals surface area (Å²) >= 11 is 5.75. The van der Waals surface area contributed by atoms with Gasteiger partial charge >= 0.3 is 0 Å². The van der Waals surface area contributed by atoms with Crippen LogP contribution >= 0.6 is 11.6 Å². The number of pyridine rings is 1. The minimum absolute atomic E-state index is 0.257. The summed E-state index contributed by atoms with van der Waals surface area (Å²) in [4.78, 5) is 8.35. The van der Waals surface area contributed by atoms with E-state index in [2.05, 4.69) is 15.3 Å². The Morgan fingerprint density at radius 1 is 1.61 bits per heavy atom. The number of nitrogens with one attached hydrogen (secondary N) is 1. The summed E-state index contributed by atoms with van der Waals surface area (Å²) in [6.45, 7) is 2.00. The predicted molar refractivity (Wildman–Crippen MR) is 71.6 cm³/mol. The second-order valence-electron chi connectivity index (χ2n) is 4.19. The number of aliphatic imine (C=N–C) groups is 1. The number of aromatic nitrogens is 1. The van der Waals surface area contributed by atoms with Crippen LogP contribution in [0.5, 0.6) is 0 Å². The Bertz CT molecular complexity index is 401. The summed E-state index contributed by atoms with van der Waals surface area (Å²) in [6.07, 6.45) is 4.06. The van der Waals surface area contributed by atoms with Gasteiger partial charge in [-0.05, 0) is 25.0 Å². The van der Waals surface area contributed by atoms with Crippen molar-refractivity contribution in [1.29, 1.82) is 0 Å². The van der Waals surface area contributed by atoms with E-state index in [9.17, 15) is 0 Å². The van der Waals surface area contributed by atoms with Crippen LogP contribution in [-0.4, -0.2) is 30.2 Å². The highest BCUT2D eigenvalue weighted by atomic mass is 35.5. The first kappa shape index (κ1) is 13.1. The molecule has 1 unspecified atom stereocenters. The first-order valence-electron chi connectivity index (χ1n) is 6.00. The molecule has 0 spiro atoms. The Hall–Kier alpha value is -1.33. The molecule has 0 saturated carbocycles. The maximum atomic E-state index is 5.76. The fourth-order valence-corrected chi connectivity index (χ4v) is 1.86. The molecular weight excluding hydrogens is 252 g/mol. The van der Waals surface area contributed by atoms with Crippen molar-refractivity contribution in [3.8, 4) is 0 Å². The lowest BCUT2D eigenvalue weighted by molar-refractivity contribution is 0.114. The molecule has 1 aromatic heterocycles. The maximum Gasteiger partial charge on any atom is 0.189 e. The third-order valence-corrected chi connectivity index (χ3v) is 2.96. The molecule has 0 aliphatic carbocycles. The van der Waals surface area contributed by atoms with Crippen molar-refractivity contribution >= 4 is 17.6 Å². The number of halogens is 1. The Labute approximate surface area is 111 Å². The Kier molecular flexibility index (Phi) is 4.78. The van der Waals surface area contributed by atoms with E-state index in [1.54, 1.807) is 12.3 Å². The second kappa shape index (κ2) is 6.56. The number of nitrogens with zero attached hydrogens (tertiary/aromatic N) is 2. The Morgan fingerprint density at radius 2 is 2.50 bits per heavy atom. The van der Waals surface area contributed by atoms with E-state index in [-0.39, 0.29) is 6.10 Å². The van der Waals surface area contributed by atoms with Crippen molar-refractivity contribution in [2.24, 2.45) is 10.7 Å². The number of rotatable bonds is 4. The van der Waals surface area contributed by atoms with Crippen LogP contribution < -0.4 is 11.1 Å². The molecule has 5 nitrogen and oxygen atoms in total. The standard InChI is InChI=1S/C12H17ClN4O/c13-9-3-4-10(15-6-9)7-16-12(14)17-8-11-2-1-5-18-11/h3-4,6,11H,1-2,5,7-8H2,(H3,14,16,17). The second-order valence-corrected chi connectivity index (χ2v) is 4.62. The summed E-state index contributed by atoms with van der Waals surface area (Å²) in [5, 5.41) is 3.67. The summed E-state index contributed by atoms with van der Waals surface area (Å²) in [6, 6.07) is 3.62. The maximum absolute atomic E-state index is 5.76. The molecule has 98 valence electrons. The smallest absolute Gasteiger partial charge is 0.189 e. The van der Waals surface area contributed by atoms with Gasteiger partial charge in [-0.2, -0.15) is 0 Å². The van der Waals surface area contributed by atoms with Gasteiger partial charge in [0.2, 0.25) is 0 Å². The third kappa shape index (κ3) is 4.16. The molecule has 1 aliphatic rings. The number of hydrogen-bond acceptors (Lipinski definition) is 3. The molecule has 1 aromatic rings. The van der Waals surface area contributed by atoms with Crippen molar-refractivity contribution in [3.05, 3.63) is 29.0 Å². The van der Waals surface area contributed by atoms with Gasteiger partial charge in [0.25, 0.3) is 0 Å². The van der Waals surface area contributed by atoms with E-state index >= 15 is 0 Å². The van der Waals surface area contributed by atoms with Crippen LogP contribution in [0.2, 0.25) is 5.02 Å². The van der Waals surface area contributed by atoms with Crippen molar-refractivity contribution in [2.45, 2.75) is 25.5 Å². The van der Waals surface area contributed by atoms with Gasteiger partial charge in [0, 0.05) is 19.3 Å². The zero-order chi connectivity index (χ0) is 12.8. The molecule has 0 amide bonds. The summed E-state index contributed by atoms with van der Waals surface area (Å²) < 4.78 is 5.48. The van der Waals surface area contributed by atoms with Crippen LogP contribution in [0.25, 0.3) is 0 Å². The third-order valence-electron chi connectivity index (χ3n) is 2.73. The van der Waals surface area contributed by atoms with E-state index in [1.807, 2.05) is 6.07 Å². The lowest BCUT2D eigenvalue weighted by Crippen LogP contribution is -2.37. The van der Waals surface area contributed by atoms with E-state index < -0.39 is 0 Å². The van der Waals surface area contributed by atoms with Crippen LogP contribution in [0.3, 0.4) is 0 Å². The molecule has 1 saturated heterocycles. The molecule has 1 atom stereocenters. The van der Waals surface area contributed by atoms with Gasteiger partial charge in [-0.15, -0.1) is 0 Å². The Balaban J connectivity index is 1.75. The predicted octanol–water partition coefficient (Wildman–Crippen LogP) is 1.32. The first-order chi connectivity index (χ1) is 8.74. The first-order valence-corrected chi connectivity index (χ1v) is 6.37. The zero-order valence-electron chi connectivity index (χ0n) is 10.1. The SMILES string of the molecule is NC(=NCc1ccc(Cl)cn1)NCC1CCCO1. The molecule has 1 aliphatic heterocycles. The molecule has 18 heavy (non-hydrogen) atoms. The van der Waals surface area contributed by atoms with E-state index in [1.165, 1.54) is 0 Å². The normalized spacial score (nSPS) is 20.1. The zero-order valence-corrected chi connectivity index (χ0v) is 10.9. The van der Waals surface area contributed by atoms with Crippen LogP contribution in [0.15, 0.2) is 23.3 Å². The van der Waals surface area contributed by atoms with Gasteiger partial charge in [0.05, 0.1) is 23.4 Å². The molecule has 1 fully saturated rings. The molecule has 0 aromatic carbocycles. The number of nitrogens with two attached hydrogens (primary N) is 1. The van der Waals surface area contributed by atoms with Crippen LogP contribution in [0.4, 0.5) is 0 Å². The fourth-order valence-electron chi connectivity index (χ4n) is 1.75. The Morgan fingerprint density at radius 3 is 3.17 bits per heavy atom. The lowest BCUT2D eigenvalue weighted by atomic mass is 10.2. The quantitative estimate of drug-likeness (QED) is 0.638. The van der Waals surface area contributed by atoms with Gasteiger partial charge in [0.1, 0.15) is 0 Å². The summed E-state index contributed by atoms with van der Waals surface area (Å²) in [7, 11) is 0. The summed E-state index contributed by atoms with van der Waals surface area (Å²) in [5.41, 5.74) is 6.59. The molecule has 2 heterocycles. The monoisotopic (exact) mass is 268 g/mol. The van der Waals surface area contributed by atoms with Crippen LogP contribution in [-0.2, 0) is 11.3 Å². The number of ether oxygens (including phenoxy) is 1.